The molecule has 1 N–H and O–H groups in total. The molecule has 1 aromatic heterocycles. The van der Waals surface area contributed by atoms with E-state index in [0.717, 1.165) is 44.0 Å². The third-order valence-electron chi connectivity index (χ3n) is 4.09. The lowest BCUT2D eigenvalue weighted by atomic mass is 10.1. The fraction of sp³-hybridized carbons (Fsp3) is 0.667. The molecule has 0 radical (unpaired) electrons. The Morgan fingerprint density at radius 2 is 2.10 bits per heavy atom. The van der Waals surface area contributed by atoms with Gasteiger partial charge in [0.05, 0.1) is 19.8 Å². The molecule has 0 aromatic carbocycles. The van der Waals surface area contributed by atoms with E-state index in [-0.39, 0.29) is 12.6 Å². The number of furan rings is 1. The minimum absolute atomic E-state index is 0.124. The van der Waals surface area contributed by atoms with Crippen molar-refractivity contribution < 1.29 is 19.1 Å². The Kier molecular flexibility index (Phi) is 5.39. The number of aliphatic hydroxyl groups is 1. The Hall–Kier alpha value is -1.37. The smallest absolute Gasteiger partial charge is 0.374 e. The summed E-state index contributed by atoms with van der Waals surface area (Å²) in [5, 5.41) is 8.97. The second-order valence-corrected chi connectivity index (χ2v) is 5.43. The second kappa shape index (κ2) is 7.06. The highest BCUT2D eigenvalue weighted by Gasteiger charge is 2.26. The summed E-state index contributed by atoms with van der Waals surface area (Å²) in [5.41, 5.74) is 0.808. The molecule has 1 unspecified atom stereocenters. The number of ether oxygens (including phenoxy) is 1. The maximum Gasteiger partial charge on any atom is 0.374 e. The van der Waals surface area contributed by atoms with Crippen molar-refractivity contribution in [1.29, 1.82) is 0 Å². The lowest BCUT2D eigenvalue weighted by Crippen LogP contribution is -2.47. The summed E-state index contributed by atoms with van der Waals surface area (Å²) in [7, 11) is 1.35. The lowest BCUT2D eigenvalue weighted by Gasteiger charge is -2.37. The molecule has 0 spiro atoms. The van der Waals surface area contributed by atoms with E-state index in [1.165, 1.54) is 7.11 Å². The van der Waals surface area contributed by atoms with E-state index in [1.807, 2.05) is 13.0 Å². The van der Waals surface area contributed by atoms with Gasteiger partial charge in [0.2, 0.25) is 5.76 Å². The molecule has 6 nitrogen and oxygen atoms in total. The predicted octanol–water partition coefficient (Wildman–Crippen LogP) is 1.05. The van der Waals surface area contributed by atoms with E-state index < -0.39 is 5.97 Å². The fourth-order valence-electron chi connectivity index (χ4n) is 2.70. The van der Waals surface area contributed by atoms with Crippen LogP contribution in [-0.2, 0) is 4.74 Å². The van der Waals surface area contributed by atoms with E-state index in [2.05, 4.69) is 16.7 Å². The van der Waals surface area contributed by atoms with E-state index in [9.17, 15) is 4.79 Å². The zero-order chi connectivity index (χ0) is 15.4. The molecule has 6 heteroatoms. The summed E-state index contributed by atoms with van der Waals surface area (Å²) in [5.74, 6) is 0.653. The minimum atomic E-state index is -0.432. The van der Waals surface area contributed by atoms with Crippen molar-refractivity contribution in [3.05, 3.63) is 23.2 Å². The normalized spacial score (nSPS) is 18.7. The Morgan fingerprint density at radius 1 is 1.43 bits per heavy atom. The minimum Gasteiger partial charge on any atom is -0.463 e. The van der Waals surface area contributed by atoms with Gasteiger partial charge in [-0.1, -0.05) is 0 Å². The molecule has 118 valence electrons. The average molecular weight is 296 g/mol. The molecular weight excluding hydrogens is 272 g/mol. The molecule has 0 saturated carbocycles. The number of β-amino-alcohol motifs (C(OH)–C–C–N with tert-alkyl or cyclic N) is 1. The van der Waals surface area contributed by atoms with Gasteiger partial charge in [0, 0.05) is 38.3 Å². The van der Waals surface area contributed by atoms with Crippen molar-refractivity contribution in [1.82, 2.24) is 9.80 Å². The standard InChI is InChI=1S/C15H24N2O4/c1-11-10-13(21-14(11)15(19)20-3)12(2)17-6-4-16(5-7-17)8-9-18/h10,12,18H,4-9H2,1-3H3. The van der Waals surface area contributed by atoms with E-state index in [0.29, 0.717) is 5.76 Å². The number of piperazine rings is 1. The van der Waals surface area contributed by atoms with Crippen LogP contribution in [0, 0.1) is 6.92 Å². The van der Waals surface area contributed by atoms with E-state index in [4.69, 9.17) is 14.3 Å². The molecule has 2 heterocycles. The van der Waals surface area contributed by atoms with Crippen LogP contribution in [0.15, 0.2) is 10.5 Å². The van der Waals surface area contributed by atoms with E-state index >= 15 is 0 Å². The molecule has 1 saturated heterocycles. The molecule has 0 bridgehead atoms. The number of carbonyl (C=O) groups is 1. The summed E-state index contributed by atoms with van der Waals surface area (Å²) in [4.78, 5) is 16.2. The SMILES string of the molecule is COC(=O)c1oc(C(C)N2CCN(CCO)CC2)cc1C. The van der Waals surface area contributed by atoms with Gasteiger partial charge in [0.1, 0.15) is 5.76 Å². The van der Waals surface area contributed by atoms with E-state index in [1.54, 1.807) is 0 Å². The molecular formula is C15H24N2O4. The van der Waals surface area contributed by atoms with Crippen LogP contribution >= 0.6 is 0 Å². The first kappa shape index (κ1) is 16.0. The molecule has 1 aliphatic heterocycles. The Balaban J connectivity index is 2.01. The third kappa shape index (κ3) is 3.64. The fourth-order valence-corrected chi connectivity index (χ4v) is 2.70. The van der Waals surface area contributed by atoms with Crippen molar-refractivity contribution in [3.63, 3.8) is 0 Å². The summed E-state index contributed by atoms with van der Waals surface area (Å²) in [6, 6.07) is 2.04. The molecule has 0 amide bonds. The summed E-state index contributed by atoms with van der Waals surface area (Å²) < 4.78 is 10.4. The first-order valence-electron chi connectivity index (χ1n) is 7.32. The lowest BCUT2D eigenvalue weighted by molar-refractivity contribution is 0.0549. The molecule has 1 atom stereocenters. The van der Waals surface area contributed by atoms with Crippen LogP contribution in [0.2, 0.25) is 0 Å². The number of aryl methyl sites for hydroxylation is 1. The van der Waals surface area contributed by atoms with Crippen LogP contribution in [0.25, 0.3) is 0 Å². The number of methoxy groups -OCH3 is 1. The van der Waals surface area contributed by atoms with Gasteiger partial charge in [-0.15, -0.1) is 0 Å². The van der Waals surface area contributed by atoms with Crippen molar-refractivity contribution in [2.24, 2.45) is 0 Å². The number of rotatable bonds is 5. The van der Waals surface area contributed by atoms with Crippen LogP contribution < -0.4 is 0 Å². The van der Waals surface area contributed by atoms with Crippen LogP contribution in [0.4, 0.5) is 0 Å². The Bertz CT molecular complexity index is 478. The first-order chi connectivity index (χ1) is 10.1. The quantitative estimate of drug-likeness (QED) is 0.819. The Labute approximate surface area is 125 Å². The highest BCUT2D eigenvalue weighted by molar-refractivity contribution is 5.87. The van der Waals surface area contributed by atoms with Gasteiger partial charge in [-0.25, -0.2) is 4.79 Å². The summed E-state index contributed by atoms with van der Waals surface area (Å²) in [6.07, 6.45) is 0. The zero-order valence-electron chi connectivity index (χ0n) is 13.0. The molecule has 1 aliphatic rings. The van der Waals surface area contributed by atoms with Crippen molar-refractivity contribution in [3.8, 4) is 0 Å². The van der Waals surface area contributed by atoms with Crippen LogP contribution in [0.1, 0.15) is 34.8 Å². The van der Waals surface area contributed by atoms with Gasteiger partial charge in [0.25, 0.3) is 0 Å². The topological polar surface area (TPSA) is 66.2 Å². The van der Waals surface area contributed by atoms with Gasteiger partial charge in [-0.3, -0.25) is 9.80 Å². The number of carbonyl (C=O) groups excluding carboxylic acids is 1. The number of nitrogens with zero attached hydrogens (tertiary/aromatic N) is 2. The molecule has 1 fully saturated rings. The number of esters is 1. The Morgan fingerprint density at radius 3 is 2.67 bits per heavy atom. The largest absolute Gasteiger partial charge is 0.463 e. The zero-order valence-corrected chi connectivity index (χ0v) is 13.0. The summed E-state index contributed by atoms with van der Waals surface area (Å²) in [6.45, 7) is 8.60. The molecule has 0 aliphatic carbocycles. The van der Waals surface area contributed by atoms with Crippen molar-refractivity contribution in [2.45, 2.75) is 19.9 Å². The monoisotopic (exact) mass is 296 g/mol. The second-order valence-electron chi connectivity index (χ2n) is 5.43. The maximum absolute atomic E-state index is 11.6. The number of hydrogen-bond acceptors (Lipinski definition) is 6. The van der Waals surface area contributed by atoms with Crippen molar-refractivity contribution >= 4 is 5.97 Å². The van der Waals surface area contributed by atoms with Gasteiger partial charge >= 0.3 is 5.97 Å². The predicted molar refractivity (Wildman–Crippen MR) is 78.3 cm³/mol. The van der Waals surface area contributed by atoms with Crippen molar-refractivity contribution in [2.75, 3.05) is 46.4 Å². The number of hydrogen-bond donors (Lipinski definition) is 1. The average Bonchev–Trinajstić information content (AvgIpc) is 2.89. The summed E-state index contributed by atoms with van der Waals surface area (Å²) >= 11 is 0. The molecule has 2 rings (SSSR count). The highest BCUT2D eigenvalue weighted by Crippen LogP contribution is 2.26. The van der Waals surface area contributed by atoms with Crippen LogP contribution in [-0.4, -0.2) is 67.3 Å². The van der Waals surface area contributed by atoms with Crippen LogP contribution in [0.3, 0.4) is 0 Å². The van der Waals surface area contributed by atoms with Gasteiger partial charge in [-0.05, 0) is 19.9 Å². The maximum atomic E-state index is 11.6. The first-order valence-corrected chi connectivity index (χ1v) is 7.32. The van der Waals surface area contributed by atoms with Crippen LogP contribution in [0.5, 0.6) is 0 Å². The van der Waals surface area contributed by atoms with Gasteiger partial charge in [0.15, 0.2) is 0 Å². The third-order valence-corrected chi connectivity index (χ3v) is 4.09. The van der Waals surface area contributed by atoms with Gasteiger partial charge < -0.3 is 14.3 Å². The highest BCUT2D eigenvalue weighted by atomic mass is 16.5. The molecule has 21 heavy (non-hydrogen) atoms. The van der Waals surface area contributed by atoms with Gasteiger partial charge in [-0.2, -0.15) is 0 Å². The number of aliphatic hydroxyl groups excluding tert-OH is 1. The molecule has 1 aromatic rings.